The molecule has 8 heteroatoms. The Kier molecular flexibility index (Phi) is 5.67. The van der Waals surface area contributed by atoms with Crippen LogP contribution in [-0.2, 0) is 4.79 Å². The molecule has 1 aliphatic heterocycles. The Bertz CT molecular complexity index is 1330. The van der Waals surface area contributed by atoms with Crippen LogP contribution < -0.4 is 5.56 Å². The van der Waals surface area contributed by atoms with Crippen molar-refractivity contribution in [3.8, 4) is 0 Å². The fourth-order valence-corrected chi connectivity index (χ4v) is 4.81. The van der Waals surface area contributed by atoms with Crippen LogP contribution in [0.5, 0.6) is 0 Å². The number of hydrogen-bond acceptors (Lipinski definition) is 4. The van der Waals surface area contributed by atoms with Crippen molar-refractivity contribution >= 4 is 22.6 Å². The molecular formula is C26H27FN4O3. The van der Waals surface area contributed by atoms with E-state index in [4.69, 9.17) is 0 Å². The third-order valence-corrected chi connectivity index (χ3v) is 7.13. The molecule has 2 fully saturated rings. The van der Waals surface area contributed by atoms with Gasteiger partial charge in [-0.1, -0.05) is 31.2 Å². The molecule has 2 unspecified atom stereocenters. The summed E-state index contributed by atoms with van der Waals surface area (Å²) in [6.07, 6.45) is 2.56. The number of amides is 2. The summed E-state index contributed by atoms with van der Waals surface area (Å²) in [6.45, 7) is 2.80. The van der Waals surface area contributed by atoms with Gasteiger partial charge in [0.1, 0.15) is 5.82 Å². The molecule has 1 saturated heterocycles. The summed E-state index contributed by atoms with van der Waals surface area (Å²) >= 11 is 0. The molecule has 2 aliphatic rings. The number of fused-ring (bicyclic) bond motifs is 1. The number of likely N-dealkylation sites (tertiary alicyclic amines) is 1. The van der Waals surface area contributed by atoms with E-state index in [1.807, 2.05) is 19.1 Å². The summed E-state index contributed by atoms with van der Waals surface area (Å²) in [5.41, 5.74) is 1.12. The number of benzene rings is 2. The number of carbonyl (C=O) groups is 2. The number of hydrogen-bond donors (Lipinski definition) is 1. The topological polar surface area (TPSA) is 86.4 Å². The van der Waals surface area contributed by atoms with Gasteiger partial charge in [0.05, 0.1) is 22.7 Å². The maximum atomic E-state index is 14.8. The first-order valence-corrected chi connectivity index (χ1v) is 11.7. The summed E-state index contributed by atoms with van der Waals surface area (Å²) in [5.74, 6) is -0.959. The number of halogens is 1. The van der Waals surface area contributed by atoms with Gasteiger partial charge in [-0.2, -0.15) is 5.10 Å². The molecule has 5 rings (SSSR count). The summed E-state index contributed by atoms with van der Waals surface area (Å²) in [4.78, 5) is 41.2. The number of likely N-dealkylation sites (N-methyl/N-ethyl adjacent to an activating group) is 1. The second-order valence-electron chi connectivity index (χ2n) is 9.36. The van der Waals surface area contributed by atoms with Crippen LogP contribution in [0.15, 0.2) is 47.3 Å². The molecule has 0 bridgehead atoms. The second kappa shape index (κ2) is 8.66. The van der Waals surface area contributed by atoms with E-state index < -0.39 is 5.82 Å². The van der Waals surface area contributed by atoms with Crippen LogP contribution in [0.25, 0.3) is 10.8 Å². The molecule has 0 radical (unpaired) electrons. The summed E-state index contributed by atoms with van der Waals surface area (Å²) in [5, 5.41) is 8.05. The normalized spacial score (nSPS) is 18.8. The standard InChI is InChI=1S/C26H27FN4O3/c1-15(23-19-5-3-4-6-20(19)24(32)29-28-23)17-9-10-22(27)21(13-17)26(34)31-12-11-18(14-31)30(2)25(33)16-7-8-16/h3-6,9-10,13,15-16,18H,7-8,11-12,14H2,1-2H3,(H,29,32). The Morgan fingerprint density at radius 1 is 1.15 bits per heavy atom. The molecule has 7 nitrogen and oxygen atoms in total. The molecule has 1 aromatic heterocycles. The monoisotopic (exact) mass is 462 g/mol. The largest absolute Gasteiger partial charge is 0.341 e. The van der Waals surface area contributed by atoms with Crippen molar-refractivity contribution in [3.63, 3.8) is 0 Å². The minimum Gasteiger partial charge on any atom is -0.341 e. The van der Waals surface area contributed by atoms with E-state index in [-0.39, 0.29) is 40.8 Å². The van der Waals surface area contributed by atoms with Crippen LogP contribution in [0.1, 0.15) is 53.7 Å². The number of aromatic amines is 1. The highest BCUT2D eigenvalue weighted by molar-refractivity contribution is 5.95. The molecule has 2 amide bonds. The van der Waals surface area contributed by atoms with Crippen molar-refractivity contribution in [3.05, 3.63) is 75.5 Å². The van der Waals surface area contributed by atoms with Gasteiger partial charge in [-0.25, -0.2) is 9.49 Å². The zero-order valence-electron chi connectivity index (χ0n) is 19.3. The van der Waals surface area contributed by atoms with Crippen LogP contribution >= 0.6 is 0 Å². The number of carbonyl (C=O) groups excluding carboxylic acids is 2. The summed E-state index contributed by atoms with van der Waals surface area (Å²) < 4.78 is 14.8. The maximum absolute atomic E-state index is 14.8. The van der Waals surface area contributed by atoms with Gasteiger partial charge in [-0.3, -0.25) is 14.4 Å². The molecule has 34 heavy (non-hydrogen) atoms. The Hall–Kier alpha value is -3.55. The summed E-state index contributed by atoms with van der Waals surface area (Å²) in [6, 6.07) is 11.7. The van der Waals surface area contributed by atoms with Crippen molar-refractivity contribution in [2.45, 2.75) is 38.1 Å². The molecule has 2 atom stereocenters. The van der Waals surface area contributed by atoms with E-state index in [1.165, 1.54) is 6.07 Å². The number of H-pyrrole nitrogens is 1. The lowest BCUT2D eigenvalue weighted by Crippen LogP contribution is -2.40. The van der Waals surface area contributed by atoms with E-state index in [2.05, 4.69) is 10.2 Å². The molecule has 2 heterocycles. The number of rotatable bonds is 5. The minimum absolute atomic E-state index is 0.00917. The van der Waals surface area contributed by atoms with E-state index in [0.717, 1.165) is 23.8 Å². The predicted molar refractivity (Wildman–Crippen MR) is 126 cm³/mol. The van der Waals surface area contributed by atoms with Crippen LogP contribution in [0, 0.1) is 11.7 Å². The highest BCUT2D eigenvalue weighted by Crippen LogP contribution is 2.33. The average molecular weight is 463 g/mol. The molecule has 2 aromatic carbocycles. The van der Waals surface area contributed by atoms with Crippen molar-refractivity contribution in [1.29, 1.82) is 0 Å². The van der Waals surface area contributed by atoms with E-state index in [9.17, 15) is 18.8 Å². The Morgan fingerprint density at radius 3 is 2.62 bits per heavy atom. The van der Waals surface area contributed by atoms with Gasteiger partial charge in [-0.05, 0) is 43.0 Å². The first kappa shape index (κ1) is 22.3. The third kappa shape index (κ3) is 3.97. The van der Waals surface area contributed by atoms with Crippen molar-refractivity contribution in [1.82, 2.24) is 20.0 Å². The first-order chi connectivity index (χ1) is 16.3. The number of nitrogens with zero attached hydrogens (tertiary/aromatic N) is 3. The van der Waals surface area contributed by atoms with Gasteiger partial charge in [0, 0.05) is 37.4 Å². The maximum Gasteiger partial charge on any atom is 0.272 e. The van der Waals surface area contributed by atoms with E-state index in [0.29, 0.717) is 30.6 Å². The van der Waals surface area contributed by atoms with Gasteiger partial charge in [0.15, 0.2) is 0 Å². The van der Waals surface area contributed by atoms with Crippen molar-refractivity contribution in [2.75, 3.05) is 20.1 Å². The molecule has 1 aliphatic carbocycles. The highest BCUT2D eigenvalue weighted by atomic mass is 19.1. The van der Waals surface area contributed by atoms with Gasteiger partial charge >= 0.3 is 0 Å². The molecule has 176 valence electrons. The molecule has 0 spiro atoms. The lowest BCUT2D eigenvalue weighted by atomic mass is 9.92. The van der Waals surface area contributed by atoms with Crippen LogP contribution in [0.2, 0.25) is 0 Å². The SMILES string of the molecule is CC(c1ccc(F)c(C(=O)N2CCC(N(C)C(=O)C3CC3)C2)c1)c1n[nH]c(=O)c2ccccc12. The molecule has 1 saturated carbocycles. The second-order valence-corrected chi connectivity index (χ2v) is 9.36. The molecule has 1 N–H and O–H groups in total. The third-order valence-electron chi connectivity index (χ3n) is 7.13. The van der Waals surface area contributed by atoms with Crippen molar-refractivity contribution < 1.29 is 14.0 Å². The van der Waals surface area contributed by atoms with Crippen LogP contribution in [0.4, 0.5) is 4.39 Å². The van der Waals surface area contributed by atoms with Crippen LogP contribution in [0.3, 0.4) is 0 Å². The quantitative estimate of drug-likeness (QED) is 0.631. The fraction of sp³-hybridized carbons (Fsp3) is 0.385. The number of aromatic nitrogens is 2. The Morgan fingerprint density at radius 2 is 1.88 bits per heavy atom. The Balaban J connectivity index is 1.39. The van der Waals surface area contributed by atoms with Gasteiger partial charge in [0.25, 0.3) is 11.5 Å². The van der Waals surface area contributed by atoms with E-state index >= 15 is 0 Å². The fourth-order valence-electron chi connectivity index (χ4n) is 4.81. The lowest BCUT2D eigenvalue weighted by molar-refractivity contribution is -0.133. The van der Waals surface area contributed by atoms with Crippen molar-refractivity contribution in [2.24, 2.45) is 5.92 Å². The van der Waals surface area contributed by atoms with Crippen LogP contribution in [-0.4, -0.2) is 58.0 Å². The highest BCUT2D eigenvalue weighted by Gasteiger charge is 2.38. The molecule has 3 aromatic rings. The van der Waals surface area contributed by atoms with Gasteiger partial charge < -0.3 is 9.80 Å². The zero-order chi connectivity index (χ0) is 24.0. The minimum atomic E-state index is -0.578. The van der Waals surface area contributed by atoms with Gasteiger partial charge in [0.2, 0.25) is 5.91 Å². The Labute approximate surface area is 196 Å². The average Bonchev–Trinajstić information content (AvgIpc) is 3.59. The first-order valence-electron chi connectivity index (χ1n) is 11.7. The smallest absolute Gasteiger partial charge is 0.272 e. The number of nitrogens with one attached hydrogen (secondary N) is 1. The lowest BCUT2D eigenvalue weighted by Gasteiger charge is -2.25. The predicted octanol–water partition coefficient (Wildman–Crippen LogP) is 3.30. The molecular weight excluding hydrogens is 435 g/mol. The zero-order valence-corrected chi connectivity index (χ0v) is 19.3. The van der Waals surface area contributed by atoms with E-state index in [1.54, 1.807) is 41.1 Å². The summed E-state index contributed by atoms with van der Waals surface area (Å²) in [7, 11) is 1.80. The van der Waals surface area contributed by atoms with Gasteiger partial charge in [-0.15, -0.1) is 0 Å².